The Morgan fingerprint density at radius 3 is 2.82 bits per heavy atom. The van der Waals surface area contributed by atoms with E-state index >= 15 is 0 Å². The second-order valence-corrected chi connectivity index (χ2v) is 4.45. The molecule has 17 heavy (non-hydrogen) atoms. The van der Waals surface area contributed by atoms with Crippen LogP contribution in [0.3, 0.4) is 0 Å². The maximum atomic E-state index is 5.68. The first kappa shape index (κ1) is 12.0. The van der Waals surface area contributed by atoms with Gasteiger partial charge < -0.3 is 14.0 Å². The zero-order valence-electron chi connectivity index (χ0n) is 9.68. The Balaban J connectivity index is 2.11. The number of hydrogen-bond donors (Lipinski definition) is 0. The van der Waals surface area contributed by atoms with Gasteiger partial charge in [0, 0.05) is 23.9 Å². The van der Waals surface area contributed by atoms with Gasteiger partial charge >= 0.3 is 0 Å². The monoisotopic (exact) mass is 296 g/mol. The van der Waals surface area contributed by atoms with Crippen LogP contribution in [0.25, 0.3) is 0 Å². The quantitative estimate of drug-likeness (QED) is 0.870. The van der Waals surface area contributed by atoms with Crippen molar-refractivity contribution in [1.29, 1.82) is 0 Å². The molecule has 0 atom stereocenters. The highest BCUT2D eigenvalue weighted by atomic mass is 79.9. The van der Waals surface area contributed by atoms with Crippen LogP contribution in [0.2, 0.25) is 0 Å². The molecule has 0 saturated heterocycles. The summed E-state index contributed by atoms with van der Waals surface area (Å²) in [5.74, 6) is 2.28. The van der Waals surface area contributed by atoms with E-state index in [4.69, 9.17) is 9.47 Å². The van der Waals surface area contributed by atoms with Crippen molar-refractivity contribution in [2.45, 2.75) is 6.61 Å². The molecule has 0 radical (unpaired) electrons. The van der Waals surface area contributed by atoms with Gasteiger partial charge in [-0.1, -0.05) is 15.9 Å². The summed E-state index contributed by atoms with van der Waals surface area (Å²) in [4.78, 5) is 4.19. The summed E-state index contributed by atoms with van der Waals surface area (Å²) >= 11 is 3.39. The highest BCUT2D eigenvalue weighted by Crippen LogP contribution is 2.30. The number of nitrogens with zero attached hydrogens (tertiary/aromatic N) is 2. The van der Waals surface area contributed by atoms with Crippen molar-refractivity contribution in [3.8, 4) is 11.5 Å². The molecule has 4 nitrogen and oxygen atoms in total. The second-order valence-electron chi connectivity index (χ2n) is 3.54. The third kappa shape index (κ3) is 2.79. The molecule has 2 aromatic rings. The van der Waals surface area contributed by atoms with Crippen molar-refractivity contribution >= 4 is 15.9 Å². The van der Waals surface area contributed by atoms with Crippen LogP contribution in [0.5, 0.6) is 11.5 Å². The Kier molecular flexibility index (Phi) is 3.68. The van der Waals surface area contributed by atoms with E-state index in [1.54, 1.807) is 13.3 Å². The topological polar surface area (TPSA) is 36.3 Å². The van der Waals surface area contributed by atoms with E-state index in [9.17, 15) is 0 Å². The predicted molar refractivity (Wildman–Crippen MR) is 68.2 cm³/mol. The van der Waals surface area contributed by atoms with E-state index in [-0.39, 0.29) is 0 Å². The average molecular weight is 297 g/mol. The molecule has 1 heterocycles. The largest absolute Gasteiger partial charge is 0.493 e. The first-order chi connectivity index (χ1) is 8.20. The number of aromatic nitrogens is 2. The van der Waals surface area contributed by atoms with Crippen molar-refractivity contribution < 1.29 is 9.47 Å². The van der Waals surface area contributed by atoms with Gasteiger partial charge in [0.1, 0.15) is 12.4 Å². The van der Waals surface area contributed by atoms with Gasteiger partial charge in [-0.3, -0.25) is 0 Å². The molecule has 90 valence electrons. The summed E-state index contributed by atoms with van der Waals surface area (Å²) < 4.78 is 13.8. The smallest absolute Gasteiger partial charge is 0.161 e. The van der Waals surface area contributed by atoms with Crippen molar-refractivity contribution in [3.63, 3.8) is 0 Å². The number of aryl methyl sites for hydroxylation is 1. The summed E-state index contributed by atoms with van der Waals surface area (Å²) in [6.07, 6.45) is 3.63. The van der Waals surface area contributed by atoms with Gasteiger partial charge in [-0.25, -0.2) is 4.98 Å². The molecule has 0 unspecified atom stereocenters. The lowest BCUT2D eigenvalue weighted by molar-refractivity contribution is 0.273. The summed E-state index contributed by atoms with van der Waals surface area (Å²) in [6, 6.07) is 5.65. The van der Waals surface area contributed by atoms with Crippen LogP contribution >= 0.6 is 15.9 Å². The van der Waals surface area contributed by atoms with E-state index < -0.39 is 0 Å². The fourth-order valence-corrected chi connectivity index (χ4v) is 1.78. The Bertz CT molecular complexity index is 511. The van der Waals surface area contributed by atoms with Crippen LogP contribution in [-0.4, -0.2) is 16.7 Å². The van der Waals surface area contributed by atoms with Gasteiger partial charge in [-0.2, -0.15) is 0 Å². The minimum atomic E-state index is 0.418. The maximum Gasteiger partial charge on any atom is 0.161 e. The van der Waals surface area contributed by atoms with E-state index in [0.29, 0.717) is 18.1 Å². The lowest BCUT2D eigenvalue weighted by Gasteiger charge is -2.10. The molecule has 5 heteroatoms. The van der Waals surface area contributed by atoms with Crippen LogP contribution in [0.1, 0.15) is 5.82 Å². The van der Waals surface area contributed by atoms with E-state index in [2.05, 4.69) is 20.9 Å². The van der Waals surface area contributed by atoms with Gasteiger partial charge in [0.05, 0.1) is 7.11 Å². The molecule has 0 fully saturated rings. The van der Waals surface area contributed by atoms with E-state index in [0.717, 1.165) is 10.3 Å². The Morgan fingerprint density at radius 1 is 1.35 bits per heavy atom. The predicted octanol–water partition coefficient (Wildman–Crippen LogP) is 2.77. The Labute approximate surface area is 108 Å². The van der Waals surface area contributed by atoms with E-state index in [1.165, 1.54) is 0 Å². The average Bonchev–Trinajstić information content (AvgIpc) is 2.73. The van der Waals surface area contributed by atoms with Crippen molar-refractivity contribution in [2.75, 3.05) is 7.11 Å². The van der Waals surface area contributed by atoms with Gasteiger partial charge in [-0.05, 0) is 18.2 Å². The van der Waals surface area contributed by atoms with Crippen LogP contribution < -0.4 is 9.47 Å². The first-order valence-electron chi connectivity index (χ1n) is 5.13. The molecule has 0 amide bonds. The van der Waals surface area contributed by atoms with Gasteiger partial charge in [0.2, 0.25) is 0 Å². The molecule has 0 saturated carbocycles. The SMILES string of the molecule is COc1cc(Br)ccc1OCc1nccn1C. The van der Waals surface area contributed by atoms with Gasteiger partial charge in [0.25, 0.3) is 0 Å². The number of ether oxygens (including phenoxy) is 2. The lowest BCUT2D eigenvalue weighted by Crippen LogP contribution is -2.03. The second kappa shape index (κ2) is 5.23. The van der Waals surface area contributed by atoms with Gasteiger partial charge in [-0.15, -0.1) is 0 Å². The van der Waals surface area contributed by atoms with Crippen LogP contribution in [0.15, 0.2) is 35.1 Å². The molecule has 0 aliphatic rings. The summed E-state index contributed by atoms with van der Waals surface area (Å²) in [7, 11) is 3.56. The number of methoxy groups -OCH3 is 1. The maximum absolute atomic E-state index is 5.68. The van der Waals surface area contributed by atoms with Crippen molar-refractivity contribution in [1.82, 2.24) is 9.55 Å². The fourth-order valence-electron chi connectivity index (χ4n) is 1.44. The van der Waals surface area contributed by atoms with Crippen LogP contribution in [0.4, 0.5) is 0 Å². The number of rotatable bonds is 4. The van der Waals surface area contributed by atoms with Crippen molar-refractivity contribution in [3.05, 3.63) is 40.9 Å². The summed E-state index contributed by atoms with van der Waals surface area (Å²) in [5, 5.41) is 0. The molecule has 0 aliphatic heterocycles. The molecular weight excluding hydrogens is 284 g/mol. The molecule has 1 aromatic heterocycles. The minimum Gasteiger partial charge on any atom is -0.493 e. The molecule has 0 N–H and O–H groups in total. The summed E-state index contributed by atoms with van der Waals surface area (Å²) in [6.45, 7) is 0.418. The number of benzene rings is 1. The highest BCUT2D eigenvalue weighted by Gasteiger charge is 2.06. The standard InChI is InChI=1S/C12H13BrN2O2/c1-15-6-5-14-12(15)8-17-10-4-3-9(13)7-11(10)16-2/h3-7H,8H2,1-2H3. The zero-order valence-corrected chi connectivity index (χ0v) is 11.3. The number of hydrogen-bond acceptors (Lipinski definition) is 3. The number of imidazole rings is 1. The van der Waals surface area contributed by atoms with E-state index in [1.807, 2.05) is 36.0 Å². The van der Waals surface area contributed by atoms with Crippen molar-refractivity contribution in [2.24, 2.45) is 7.05 Å². The third-order valence-electron chi connectivity index (χ3n) is 2.40. The lowest BCUT2D eigenvalue weighted by atomic mass is 10.3. The van der Waals surface area contributed by atoms with Crippen LogP contribution in [0, 0.1) is 0 Å². The third-order valence-corrected chi connectivity index (χ3v) is 2.90. The zero-order chi connectivity index (χ0) is 12.3. The minimum absolute atomic E-state index is 0.418. The van der Waals surface area contributed by atoms with Crippen LogP contribution in [-0.2, 0) is 13.7 Å². The molecule has 0 aliphatic carbocycles. The molecule has 2 rings (SSSR count). The highest BCUT2D eigenvalue weighted by molar-refractivity contribution is 9.10. The molecule has 0 spiro atoms. The van der Waals surface area contributed by atoms with Gasteiger partial charge in [0.15, 0.2) is 11.5 Å². The Morgan fingerprint density at radius 2 is 2.18 bits per heavy atom. The fraction of sp³-hybridized carbons (Fsp3) is 0.250. The normalized spacial score (nSPS) is 10.3. The summed E-state index contributed by atoms with van der Waals surface area (Å²) in [5.41, 5.74) is 0. The Hall–Kier alpha value is -1.49. The molecule has 0 bridgehead atoms. The number of halogens is 1. The first-order valence-corrected chi connectivity index (χ1v) is 5.92. The molecular formula is C12H13BrN2O2. The molecule has 1 aromatic carbocycles.